The van der Waals surface area contributed by atoms with Gasteiger partial charge in [-0.15, -0.1) is 0 Å². The molecule has 0 spiro atoms. The number of fused-ring (bicyclic) bond motifs is 1. The number of benzene rings is 2. The molecule has 0 saturated heterocycles. The van der Waals surface area contributed by atoms with E-state index in [4.69, 9.17) is 4.98 Å². The summed E-state index contributed by atoms with van der Waals surface area (Å²) in [5.41, 5.74) is 6.57. The maximum absolute atomic E-state index is 4.77. The van der Waals surface area contributed by atoms with Crippen molar-refractivity contribution in [2.75, 3.05) is 0 Å². The largest absolute Gasteiger partial charge is 0.256 e. The lowest BCUT2D eigenvalue weighted by Gasteiger charge is -2.25. The summed E-state index contributed by atoms with van der Waals surface area (Å²) in [5.74, 6) is 1.86. The Hall–Kier alpha value is -2.15. The third-order valence-corrected chi connectivity index (χ3v) is 5.75. The van der Waals surface area contributed by atoms with Gasteiger partial charge in [0.05, 0.1) is 5.69 Å². The number of nitrogens with zero attached hydrogens (tertiary/aromatic N) is 1. The maximum Gasteiger partial charge on any atom is 0.0780 e. The van der Waals surface area contributed by atoms with Gasteiger partial charge in [-0.25, -0.2) is 0 Å². The number of rotatable bonds is 6. The van der Waals surface area contributed by atoms with E-state index in [-0.39, 0.29) is 0 Å². The van der Waals surface area contributed by atoms with Crippen LogP contribution in [0.1, 0.15) is 64.2 Å². The lowest BCUT2D eigenvalue weighted by atomic mass is 9.79. The third-order valence-electron chi connectivity index (χ3n) is 5.75. The molecule has 27 heavy (non-hydrogen) atoms. The predicted octanol–water partition coefficient (Wildman–Crippen LogP) is 7.42. The molecule has 1 nitrogen and oxygen atoms in total. The molecular formula is C26H33N. The number of hydrogen-bond donors (Lipinski definition) is 0. The van der Waals surface area contributed by atoms with E-state index in [0.717, 1.165) is 18.5 Å². The molecule has 0 N–H and O–H groups in total. The van der Waals surface area contributed by atoms with Crippen LogP contribution < -0.4 is 0 Å². The summed E-state index contributed by atoms with van der Waals surface area (Å²) in [6, 6.07) is 16.1. The molecule has 1 aromatic heterocycles. The first kappa shape index (κ1) is 19.6. The summed E-state index contributed by atoms with van der Waals surface area (Å²) in [4.78, 5) is 4.77. The van der Waals surface area contributed by atoms with Crippen LogP contribution in [-0.2, 0) is 12.8 Å². The zero-order chi connectivity index (χ0) is 19.6. The van der Waals surface area contributed by atoms with Gasteiger partial charge in [-0.05, 0) is 70.9 Å². The molecule has 0 atom stereocenters. The van der Waals surface area contributed by atoms with Gasteiger partial charge in [-0.1, -0.05) is 65.8 Å². The van der Waals surface area contributed by atoms with Gasteiger partial charge in [0.15, 0.2) is 0 Å². The fourth-order valence-corrected chi connectivity index (χ4v) is 4.48. The topological polar surface area (TPSA) is 12.9 Å². The van der Waals surface area contributed by atoms with Crippen molar-refractivity contribution in [3.05, 3.63) is 65.4 Å². The molecule has 1 heterocycles. The second-order valence-electron chi connectivity index (χ2n) is 8.40. The second-order valence-corrected chi connectivity index (χ2v) is 8.40. The Morgan fingerprint density at radius 3 is 1.96 bits per heavy atom. The van der Waals surface area contributed by atoms with Crippen molar-refractivity contribution in [3.8, 4) is 11.3 Å². The van der Waals surface area contributed by atoms with E-state index in [1.165, 1.54) is 33.0 Å². The molecular weight excluding hydrogens is 326 g/mol. The standard InChI is InChI=1S/C26H33N/c1-7-19-13-20(8-2)15-23(14-19)26-24-10-9-22(16-21(24)11-12-27-26)25(17(3)4)18(5)6/h9-18,25H,7-8H2,1-6H3. The first-order valence-electron chi connectivity index (χ1n) is 10.5. The molecule has 0 saturated carbocycles. The summed E-state index contributed by atoms with van der Waals surface area (Å²) >= 11 is 0. The highest BCUT2D eigenvalue weighted by atomic mass is 14.7. The van der Waals surface area contributed by atoms with Crippen LogP contribution in [0.3, 0.4) is 0 Å². The van der Waals surface area contributed by atoms with Crippen molar-refractivity contribution in [2.24, 2.45) is 11.8 Å². The molecule has 1 heteroatoms. The second kappa shape index (κ2) is 8.25. The van der Waals surface area contributed by atoms with Gasteiger partial charge in [0.25, 0.3) is 0 Å². The van der Waals surface area contributed by atoms with Crippen LogP contribution in [0.2, 0.25) is 0 Å². The van der Waals surface area contributed by atoms with Gasteiger partial charge >= 0.3 is 0 Å². The maximum atomic E-state index is 4.77. The van der Waals surface area contributed by atoms with Crippen LogP contribution in [-0.4, -0.2) is 4.98 Å². The first-order valence-corrected chi connectivity index (χ1v) is 10.5. The average Bonchev–Trinajstić information content (AvgIpc) is 2.66. The highest BCUT2D eigenvalue weighted by molar-refractivity contribution is 5.95. The summed E-state index contributed by atoms with van der Waals surface area (Å²) in [6.07, 6.45) is 4.08. The fourth-order valence-electron chi connectivity index (χ4n) is 4.48. The molecule has 3 aromatic rings. The summed E-state index contributed by atoms with van der Waals surface area (Å²) < 4.78 is 0. The van der Waals surface area contributed by atoms with Gasteiger partial charge in [-0.2, -0.15) is 0 Å². The van der Waals surface area contributed by atoms with Crippen molar-refractivity contribution >= 4 is 10.8 Å². The summed E-state index contributed by atoms with van der Waals surface area (Å²) in [5, 5.41) is 2.55. The van der Waals surface area contributed by atoms with Crippen LogP contribution in [0, 0.1) is 11.8 Å². The van der Waals surface area contributed by atoms with Crippen molar-refractivity contribution in [2.45, 2.75) is 60.3 Å². The zero-order valence-electron chi connectivity index (χ0n) is 17.7. The SMILES string of the molecule is CCc1cc(CC)cc(-c2nccc3cc(C(C(C)C)C(C)C)ccc23)c1. The molecule has 142 valence electrons. The van der Waals surface area contributed by atoms with Gasteiger partial charge in [0.1, 0.15) is 0 Å². The Kier molecular flexibility index (Phi) is 5.99. The molecule has 0 aliphatic heterocycles. The summed E-state index contributed by atoms with van der Waals surface area (Å²) in [7, 11) is 0. The molecule has 0 aliphatic rings. The molecule has 0 aliphatic carbocycles. The lowest BCUT2D eigenvalue weighted by Crippen LogP contribution is -2.13. The van der Waals surface area contributed by atoms with E-state index in [0.29, 0.717) is 17.8 Å². The lowest BCUT2D eigenvalue weighted by molar-refractivity contribution is 0.388. The van der Waals surface area contributed by atoms with Crippen LogP contribution >= 0.6 is 0 Å². The molecule has 0 unspecified atom stereocenters. The number of pyridine rings is 1. The highest BCUT2D eigenvalue weighted by Gasteiger charge is 2.20. The smallest absolute Gasteiger partial charge is 0.0780 e. The minimum Gasteiger partial charge on any atom is -0.256 e. The monoisotopic (exact) mass is 359 g/mol. The van der Waals surface area contributed by atoms with E-state index < -0.39 is 0 Å². The Labute approximate surface area is 164 Å². The Bertz CT molecular complexity index is 890. The van der Waals surface area contributed by atoms with E-state index in [1.807, 2.05) is 6.20 Å². The van der Waals surface area contributed by atoms with Crippen molar-refractivity contribution in [1.29, 1.82) is 0 Å². The molecule has 0 radical (unpaired) electrons. The Morgan fingerprint density at radius 1 is 0.778 bits per heavy atom. The van der Waals surface area contributed by atoms with Gasteiger partial charge in [0.2, 0.25) is 0 Å². The van der Waals surface area contributed by atoms with Crippen LogP contribution in [0.4, 0.5) is 0 Å². The zero-order valence-corrected chi connectivity index (χ0v) is 17.7. The minimum atomic E-state index is 0.584. The van der Waals surface area contributed by atoms with Gasteiger partial charge < -0.3 is 0 Å². The van der Waals surface area contributed by atoms with Crippen molar-refractivity contribution in [1.82, 2.24) is 4.98 Å². The van der Waals surface area contributed by atoms with E-state index in [2.05, 4.69) is 84.0 Å². The highest BCUT2D eigenvalue weighted by Crippen LogP contribution is 2.35. The average molecular weight is 360 g/mol. The molecule has 3 rings (SSSR count). The van der Waals surface area contributed by atoms with Gasteiger partial charge in [0, 0.05) is 17.1 Å². The third kappa shape index (κ3) is 4.08. The van der Waals surface area contributed by atoms with E-state index in [1.54, 1.807) is 0 Å². The molecule has 0 amide bonds. The normalized spacial score (nSPS) is 11.9. The molecule has 2 aromatic carbocycles. The Balaban J connectivity index is 2.14. The number of aryl methyl sites for hydroxylation is 2. The first-order chi connectivity index (χ1) is 12.9. The predicted molar refractivity (Wildman–Crippen MR) is 118 cm³/mol. The van der Waals surface area contributed by atoms with Crippen LogP contribution in [0.15, 0.2) is 48.7 Å². The van der Waals surface area contributed by atoms with Crippen LogP contribution in [0.5, 0.6) is 0 Å². The van der Waals surface area contributed by atoms with Gasteiger partial charge in [-0.3, -0.25) is 4.98 Å². The number of aromatic nitrogens is 1. The number of hydrogen-bond acceptors (Lipinski definition) is 1. The van der Waals surface area contributed by atoms with E-state index >= 15 is 0 Å². The fraction of sp³-hybridized carbons (Fsp3) is 0.423. The van der Waals surface area contributed by atoms with Crippen molar-refractivity contribution < 1.29 is 0 Å². The minimum absolute atomic E-state index is 0.584. The van der Waals surface area contributed by atoms with Crippen molar-refractivity contribution in [3.63, 3.8) is 0 Å². The molecule has 0 bridgehead atoms. The quantitative estimate of drug-likeness (QED) is 0.446. The summed E-state index contributed by atoms with van der Waals surface area (Å²) in [6.45, 7) is 13.8. The molecule has 0 fully saturated rings. The van der Waals surface area contributed by atoms with E-state index in [9.17, 15) is 0 Å². The van der Waals surface area contributed by atoms with Crippen LogP contribution in [0.25, 0.3) is 22.0 Å². The Morgan fingerprint density at radius 2 is 1.41 bits per heavy atom.